The van der Waals surface area contributed by atoms with Crippen LogP contribution < -0.4 is 0 Å². The van der Waals surface area contributed by atoms with Gasteiger partial charge in [0.1, 0.15) is 0 Å². The van der Waals surface area contributed by atoms with E-state index < -0.39 is 11.8 Å². The maximum atomic E-state index is 11.5. The normalized spacial score (nSPS) is 27.2. The first-order valence-electron chi connectivity index (χ1n) is 5.79. The number of carbonyl (C=O) groups is 2. The zero-order valence-electron chi connectivity index (χ0n) is 10.7. The van der Waals surface area contributed by atoms with Crippen LogP contribution in [-0.2, 0) is 14.5 Å². The standard InChI is InChI=1S/C12H18N2O3/c1-11(2)7-8-12(3,4)14(11)17-13-9(15)5-6-10(13)16/h5-6H,7-8H2,1-4H3. The summed E-state index contributed by atoms with van der Waals surface area (Å²) in [4.78, 5) is 28.5. The molecule has 0 aromatic carbocycles. The lowest BCUT2D eigenvalue weighted by Gasteiger charge is -2.39. The molecule has 1 fully saturated rings. The average molecular weight is 238 g/mol. The highest BCUT2D eigenvalue weighted by Crippen LogP contribution is 2.41. The lowest BCUT2D eigenvalue weighted by Crippen LogP contribution is -2.52. The molecule has 17 heavy (non-hydrogen) atoms. The van der Waals surface area contributed by atoms with Gasteiger partial charge in [-0.25, -0.2) is 0 Å². The fourth-order valence-corrected chi connectivity index (χ4v) is 2.40. The molecular formula is C12H18N2O3. The average Bonchev–Trinajstić information content (AvgIpc) is 2.62. The second kappa shape index (κ2) is 3.65. The Morgan fingerprint density at radius 1 is 1.00 bits per heavy atom. The van der Waals surface area contributed by atoms with Crippen LogP contribution in [0, 0.1) is 0 Å². The van der Waals surface area contributed by atoms with Crippen molar-refractivity contribution in [2.75, 3.05) is 0 Å². The maximum Gasteiger partial charge on any atom is 0.279 e. The van der Waals surface area contributed by atoms with Crippen LogP contribution in [0.5, 0.6) is 0 Å². The van der Waals surface area contributed by atoms with Gasteiger partial charge < -0.3 is 0 Å². The van der Waals surface area contributed by atoms with Gasteiger partial charge in [-0.1, -0.05) is 0 Å². The van der Waals surface area contributed by atoms with Gasteiger partial charge in [-0.15, -0.1) is 5.06 Å². The van der Waals surface area contributed by atoms with Gasteiger partial charge in [0.05, 0.1) is 0 Å². The van der Waals surface area contributed by atoms with Crippen molar-refractivity contribution in [3.05, 3.63) is 12.2 Å². The van der Waals surface area contributed by atoms with Crippen LogP contribution in [0.25, 0.3) is 0 Å². The molecule has 2 rings (SSSR count). The van der Waals surface area contributed by atoms with Crippen molar-refractivity contribution in [3.63, 3.8) is 0 Å². The number of amides is 2. The summed E-state index contributed by atoms with van der Waals surface area (Å²) in [6, 6.07) is 0. The van der Waals surface area contributed by atoms with Gasteiger partial charge in [0.25, 0.3) is 11.8 Å². The van der Waals surface area contributed by atoms with Gasteiger partial charge in [-0.2, -0.15) is 10.0 Å². The van der Waals surface area contributed by atoms with E-state index >= 15 is 0 Å². The predicted octanol–water partition coefficient (Wildman–Crippen LogP) is 1.41. The zero-order chi connectivity index (χ0) is 12.8. The van der Waals surface area contributed by atoms with Crippen LogP contribution in [0.15, 0.2) is 12.2 Å². The van der Waals surface area contributed by atoms with Crippen molar-refractivity contribution < 1.29 is 14.5 Å². The van der Waals surface area contributed by atoms with Gasteiger partial charge in [-0.3, -0.25) is 9.59 Å². The smallest absolute Gasteiger partial charge is 0.267 e. The van der Waals surface area contributed by atoms with Gasteiger partial charge in [0, 0.05) is 23.2 Å². The fraction of sp³-hybridized carbons (Fsp3) is 0.667. The number of imide groups is 1. The Morgan fingerprint density at radius 3 is 1.82 bits per heavy atom. The fourth-order valence-electron chi connectivity index (χ4n) is 2.40. The molecular weight excluding hydrogens is 220 g/mol. The SMILES string of the molecule is CC1(C)CCC(C)(C)N1ON1C(=O)C=CC1=O. The third-order valence-electron chi connectivity index (χ3n) is 3.38. The Hall–Kier alpha value is -1.20. The monoisotopic (exact) mass is 238 g/mol. The van der Waals surface area contributed by atoms with E-state index in [1.165, 1.54) is 12.2 Å². The first kappa shape index (κ1) is 12.3. The Bertz CT molecular complexity index is 365. The molecule has 0 aliphatic carbocycles. The van der Waals surface area contributed by atoms with Crippen LogP contribution in [0.4, 0.5) is 0 Å². The topological polar surface area (TPSA) is 49.9 Å². The maximum absolute atomic E-state index is 11.5. The van der Waals surface area contributed by atoms with Crippen molar-refractivity contribution in [1.82, 2.24) is 10.1 Å². The molecule has 5 nitrogen and oxygen atoms in total. The van der Waals surface area contributed by atoms with Crippen LogP contribution in [0.1, 0.15) is 40.5 Å². The Labute approximate surface area is 101 Å². The van der Waals surface area contributed by atoms with E-state index in [0.29, 0.717) is 0 Å². The summed E-state index contributed by atoms with van der Waals surface area (Å²) in [5.41, 5.74) is -0.376. The van der Waals surface area contributed by atoms with E-state index in [1.54, 1.807) is 5.06 Å². The molecule has 0 radical (unpaired) electrons. The van der Waals surface area contributed by atoms with E-state index in [9.17, 15) is 9.59 Å². The highest BCUT2D eigenvalue weighted by molar-refractivity contribution is 6.11. The van der Waals surface area contributed by atoms with E-state index in [2.05, 4.69) is 0 Å². The van der Waals surface area contributed by atoms with Crippen LogP contribution in [0.3, 0.4) is 0 Å². The van der Waals surface area contributed by atoms with Gasteiger partial charge in [-0.05, 0) is 40.5 Å². The molecule has 0 N–H and O–H groups in total. The highest BCUT2D eigenvalue weighted by atomic mass is 16.9. The molecule has 0 spiro atoms. The summed E-state index contributed by atoms with van der Waals surface area (Å²) in [6.45, 7) is 8.17. The summed E-state index contributed by atoms with van der Waals surface area (Å²) in [5.74, 6) is -0.845. The lowest BCUT2D eigenvalue weighted by molar-refractivity contribution is -0.339. The van der Waals surface area contributed by atoms with Gasteiger partial charge in [0.15, 0.2) is 0 Å². The number of hydroxylamine groups is 4. The first-order chi connectivity index (χ1) is 7.74. The Morgan fingerprint density at radius 2 is 1.41 bits per heavy atom. The molecule has 2 aliphatic rings. The number of hydrogen-bond acceptors (Lipinski definition) is 4. The summed E-state index contributed by atoms with van der Waals surface area (Å²) < 4.78 is 0. The van der Waals surface area contributed by atoms with Crippen molar-refractivity contribution in [2.45, 2.75) is 51.6 Å². The lowest BCUT2D eigenvalue weighted by atomic mass is 10.0. The molecule has 0 bridgehead atoms. The van der Waals surface area contributed by atoms with Crippen molar-refractivity contribution in [1.29, 1.82) is 0 Å². The molecule has 0 aromatic heterocycles. The summed E-state index contributed by atoms with van der Waals surface area (Å²) in [5, 5.41) is 2.57. The van der Waals surface area contributed by atoms with Crippen molar-refractivity contribution in [3.8, 4) is 0 Å². The molecule has 0 aromatic rings. The number of nitrogens with zero attached hydrogens (tertiary/aromatic N) is 2. The number of hydrogen-bond donors (Lipinski definition) is 0. The molecule has 1 saturated heterocycles. The minimum Gasteiger partial charge on any atom is -0.267 e. The van der Waals surface area contributed by atoms with Crippen molar-refractivity contribution >= 4 is 11.8 Å². The van der Waals surface area contributed by atoms with Gasteiger partial charge in [0.2, 0.25) is 0 Å². The van der Waals surface area contributed by atoms with E-state index in [-0.39, 0.29) is 11.1 Å². The summed E-state index contributed by atoms with van der Waals surface area (Å²) in [7, 11) is 0. The third-order valence-corrected chi connectivity index (χ3v) is 3.38. The van der Waals surface area contributed by atoms with Crippen molar-refractivity contribution in [2.24, 2.45) is 0 Å². The number of carbonyl (C=O) groups excluding carboxylic acids is 2. The summed E-state index contributed by atoms with van der Waals surface area (Å²) in [6.07, 6.45) is 4.37. The van der Waals surface area contributed by atoms with E-state index in [4.69, 9.17) is 4.94 Å². The van der Waals surface area contributed by atoms with Crippen LogP contribution in [0.2, 0.25) is 0 Å². The van der Waals surface area contributed by atoms with Gasteiger partial charge >= 0.3 is 0 Å². The highest BCUT2D eigenvalue weighted by Gasteiger charge is 2.48. The second-order valence-electron chi connectivity index (χ2n) is 5.81. The minimum absolute atomic E-state index is 0.188. The molecule has 0 atom stereocenters. The predicted molar refractivity (Wildman–Crippen MR) is 61.3 cm³/mol. The Kier molecular flexibility index (Phi) is 2.63. The zero-order valence-corrected chi connectivity index (χ0v) is 10.7. The first-order valence-corrected chi connectivity index (χ1v) is 5.79. The molecule has 2 heterocycles. The molecule has 0 saturated carbocycles. The molecule has 2 amide bonds. The Balaban J connectivity index is 2.17. The summed E-state index contributed by atoms with van der Waals surface area (Å²) >= 11 is 0. The largest absolute Gasteiger partial charge is 0.279 e. The molecule has 2 aliphatic heterocycles. The molecule has 5 heteroatoms. The van der Waals surface area contributed by atoms with E-state index in [1.807, 2.05) is 27.7 Å². The molecule has 0 unspecified atom stereocenters. The van der Waals surface area contributed by atoms with Crippen LogP contribution >= 0.6 is 0 Å². The quantitative estimate of drug-likeness (QED) is 0.682. The second-order valence-corrected chi connectivity index (χ2v) is 5.81. The van der Waals surface area contributed by atoms with E-state index in [0.717, 1.165) is 17.9 Å². The minimum atomic E-state index is -0.423. The van der Waals surface area contributed by atoms with Crippen LogP contribution in [-0.4, -0.2) is 33.0 Å². The molecule has 94 valence electrons. The third kappa shape index (κ3) is 2.00. The number of rotatable bonds is 2.